The molecule has 1 aliphatic rings. The quantitative estimate of drug-likeness (QED) is 0.833. The van der Waals surface area contributed by atoms with E-state index in [4.69, 9.17) is 4.74 Å². The van der Waals surface area contributed by atoms with E-state index < -0.39 is 0 Å². The molecule has 3 heteroatoms. The molecular weight excluding hydrogens is 260 g/mol. The van der Waals surface area contributed by atoms with Gasteiger partial charge in [-0.15, -0.1) is 0 Å². The summed E-state index contributed by atoms with van der Waals surface area (Å²) in [5.74, 6) is 0.956. The highest BCUT2D eigenvalue weighted by molar-refractivity contribution is 5.51. The van der Waals surface area contributed by atoms with E-state index in [0.29, 0.717) is 6.04 Å². The lowest BCUT2D eigenvalue weighted by molar-refractivity contribution is 0.240. The molecule has 0 amide bonds. The fraction of sp³-hybridized carbons (Fsp3) is 0.556. The maximum absolute atomic E-state index is 5.31. The van der Waals surface area contributed by atoms with E-state index in [-0.39, 0.29) is 0 Å². The van der Waals surface area contributed by atoms with Gasteiger partial charge in [-0.05, 0) is 57.4 Å². The molecule has 0 atom stereocenters. The summed E-state index contributed by atoms with van der Waals surface area (Å²) in [6, 6.07) is 6.91. The van der Waals surface area contributed by atoms with Crippen LogP contribution in [0.15, 0.2) is 29.8 Å². The van der Waals surface area contributed by atoms with Crippen molar-refractivity contribution in [3.63, 3.8) is 0 Å². The van der Waals surface area contributed by atoms with Crippen LogP contribution in [0.5, 0.6) is 5.75 Å². The Morgan fingerprint density at radius 1 is 1.33 bits per heavy atom. The summed E-state index contributed by atoms with van der Waals surface area (Å²) in [6.45, 7) is 9.87. The molecule has 21 heavy (non-hydrogen) atoms. The topological polar surface area (TPSA) is 24.5 Å². The summed E-state index contributed by atoms with van der Waals surface area (Å²) in [5, 5.41) is 3.66. The predicted octanol–water partition coefficient (Wildman–Crippen LogP) is 3.85. The normalized spacial score (nSPS) is 16.6. The third kappa shape index (κ3) is 4.78. The van der Waals surface area contributed by atoms with Crippen LogP contribution in [0.1, 0.15) is 32.3 Å². The van der Waals surface area contributed by atoms with Gasteiger partial charge in [-0.1, -0.05) is 11.6 Å². The van der Waals surface area contributed by atoms with Crippen molar-refractivity contribution < 1.29 is 4.74 Å². The lowest BCUT2D eigenvalue weighted by Crippen LogP contribution is -2.39. The van der Waals surface area contributed by atoms with E-state index in [9.17, 15) is 0 Å². The van der Waals surface area contributed by atoms with Crippen LogP contribution in [0.4, 0.5) is 5.69 Å². The van der Waals surface area contributed by atoms with Crippen molar-refractivity contribution in [1.82, 2.24) is 4.90 Å². The molecule has 3 nitrogen and oxygen atoms in total. The van der Waals surface area contributed by atoms with E-state index in [1.54, 1.807) is 7.11 Å². The molecule has 0 aromatic heterocycles. The van der Waals surface area contributed by atoms with Crippen molar-refractivity contribution in [3.05, 3.63) is 35.4 Å². The number of piperidine rings is 1. The van der Waals surface area contributed by atoms with Gasteiger partial charge in [0.05, 0.1) is 7.11 Å². The molecular formula is C18H28N2O. The van der Waals surface area contributed by atoms with E-state index in [2.05, 4.69) is 49.2 Å². The van der Waals surface area contributed by atoms with Crippen LogP contribution in [-0.4, -0.2) is 37.7 Å². The second-order valence-electron chi connectivity index (χ2n) is 6.19. The molecule has 0 radical (unpaired) electrons. The maximum atomic E-state index is 5.31. The Balaban J connectivity index is 1.83. The van der Waals surface area contributed by atoms with Crippen LogP contribution in [-0.2, 0) is 0 Å². The number of hydrogen-bond acceptors (Lipinski definition) is 3. The summed E-state index contributed by atoms with van der Waals surface area (Å²) >= 11 is 0. The fourth-order valence-corrected chi connectivity index (χ4v) is 2.78. The molecule has 1 heterocycles. The predicted molar refractivity (Wildman–Crippen MR) is 90.2 cm³/mol. The highest BCUT2D eigenvalue weighted by Crippen LogP contribution is 2.23. The Kier molecular flexibility index (Phi) is 5.68. The number of nitrogens with one attached hydrogen (secondary N) is 1. The average molecular weight is 288 g/mol. The molecule has 1 fully saturated rings. The zero-order valence-corrected chi connectivity index (χ0v) is 13.8. The van der Waals surface area contributed by atoms with Crippen molar-refractivity contribution in [3.8, 4) is 5.75 Å². The van der Waals surface area contributed by atoms with Crippen LogP contribution in [0.2, 0.25) is 0 Å². The van der Waals surface area contributed by atoms with Gasteiger partial charge in [0.15, 0.2) is 0 Å². The minimum absolute atomic E-state index is 0.584. The first-order valence-electron chi connectivity index (χ1n) is 7.85. The fourth-order valence-electron chi connectivity index (χ4n) is 2.78. The number of rotatable bonds is 5. The molecule has 1 saturated heterocycles. The molecule has 1 aromatic rings. The molecule has 0 aliphatic carbocycles. The van der Waals surface area contributed by atoms with Crippen molar-refractivity contribution in [2.75, 3.05) is 32.1 Å². The summed E-state index contributed by atoms with van der Waals surface area (Å²) in [5.41, 5.74) is 3.79. The molecule has 0 saturated carbocycles. The largest absolute Gasteiger partial charge is 0.496 e. The first kappa shape index (κ1) is 15.9. The second-order valence-corrected chi connectivity index (χ2v) is 6.19. The van der Waals surface area contributed by atoms with Gasteiger partial charge < -0.3 is 10.1 Å². The number of anilines is 1. The Hall–Kier alpha value is -1.48. The van der Waals surface area contributed by atoms with Crippen LogP contribution in [0, 0.1) is 6.92 Å². The lowest BCUT2D eigenvalue weighted by atomic mass is 10.0. The summed E-state index contributed by atoms with van der Waals surface area (Å²) < 4.78 is 5.31. The number of benzene rings is 1. The Morgan fingerprint density at radius 2 is 2.05 bits per heavy atom. The van der Waals surface area contributed by atoms with E-state index in [0.717, 1.165) is 12.3 Å². The minimum atomic E-state index is 0.584. The van der Waals surface area contributed by atoms with Crippen molar-refractivity contribution in [1.29, 1.82) is 0 Å². The molecule has 1 aliphatic heterocycles. The van der Waals surface area contributed by atoms with Crippen molar-refractivity contribution in [2.45, 2.75) is 39.7 Å². The third-order valence-corrected chi connectivity index (χ3v) is 4.11. The number of likely N-dealkylation sites (tertiary alicyclic amines) is 1. The number of nitrogens with zero attached hydrogens (tertiary/aromatic N) is 1. The summed E-state index contributed by atoms with van der Waals surface area (Å²) in [7, 11) is 1.72. The van der Waals surface area contributed by atoms with Crippen LogP contribution >= 0.6 is 0 Å². The van der Waals surface area contributed by atoms with Gasteiger partial charge in [-0.3, -0.25) is 4.90 Å². The van der Waals surface area contributed by atoms with Gasteiger partial charge in [0, 0.05) is 31.4 Å². The van der Waals surface area contributed by atoms with E-state index in [1.165, 1.54) is 42.8 Å². The molecule has 0 bridgehead atoms. The van der Waals surface area contributed by atoms with Crippen molar-refractivity contribution in [2.24, 2.45) is 0 Å². The number of hydrogen-bond donors (Lipinski definition) is 1. The number of ether oxygens (including phenoxy) is 1. The lowest BCUT2D eigenvalue weighted by Gasteiger charge is -2.32. The van der Waals surface area contributed by atoms with Gasteiger partial charge in [0.2, 0.25) is 0 Å². The molecule has 116 valence electrons. The van der Waals surface area contributed by atoms with Gasteiger partial charge in [-0.25, -0.2) is 0 Å². The second kappa shape index (κ2) is 7.51. The number of aryl methyl sites for hydroxylation is 1. The Labute approximate surface area is 129 Å². The van der Waals surface area contributed by atoms with Gasteiger partial charge >= 0.3 is 0 Å². The molecule has 2 rings (SSSR count). The summed E-state index contributed by atoms with van der Waals surface area (Å²) in [4.78, 5) is 2.53. The average Bonchev–Trinajstić information content (AvgIpc) is 2.47. The number of methoxy groups -OCH3 is 1. The van der Waals surface area contributed by atoms with Crippen molar-refractivity contribution >= 4 is 5.69 Å². The zero-order valence-electron chi connectivity index (χ0n) is 13.8. The van der Waals surface area contributed by atoms with Gasteiger partial charge in [0.25, 0.3) is 0 Å². The minimum Gasteiger partial charge on any atom is -0.496 e. The number of allylic oxidation sites excluding steroid dienone is 1. The monoisotopic (exact) mass is 288 g/mol. The first-order chi connectivity index (χ1) is 10.1. The Morgan fingerprint density at radius 3 is 2.62 bits per heavy atom. The molecule has 1 aromatic carbocycles. The van der Waals surface area contributed by atoms with Crippen LogP contribution in [0.25, 0.3) is 0 Å². The highest BCUT2D eigenvalue weighted by atomic mass is 16.5. The molecule has 1 N–H and O–H groups in total. The molecule has 0 spiro atoms. The van der Waals surface area contributed by atoms with Gasteiger partial charge in [-0.2, -0.15) is 0 Å². The van der Waals surface area contributed by atoms with E-state index in [1.807, 2.05) is 6.07 Å². The summed E-state index contributed by atoms with van der Waals surface area (Å²) in [6.07, 6.45) is 4.74. The van der Waals surface area contributed by atoms with E-state index >= 15 is 0 Å². The highest BCUT2D eigenvalue weighted by Gasteiger charge is 2.18. The maximum Gasteiger partial charge on any atom is 0.121 e. The zero-order chi connectivity index (χ0) is 15.2. The third-order valence-electron chi connectivity index (χ3n) is 4.11. The first-order valence-corrected chi connectivity index (χ1v) is 7.85. The molecule has 0 unspecified atom stereocenters. The SMILES string of the molecule is COc1ccc(NC2CCN(CC=C(C)C)CC2)cc1C. The smallest absolute Gasteiger partial charge is 0.121 e. The van der Waals surface area contributed by atoms with Crippen LogP contribution in [0.3, 0.4) is 0 Å². The standard InChI is InChI=1S/C18H28N2O/c1-14(2)7-10-20-11-8-16(9-12-20)19-17-5-6-18(21-4)15(3)13-17/h5-7,13,16,19H,8-12H2,1-4H3. The Bertz CT molecular complexity index is 484. The van der Waals surface area contributed by atoms with Gasteiger partial charge in [0.1, 0.15) is 5.75 Å². The van der Waals surface area contributed by atoms with Crippen LogP contribution < -0.4 is 10.1 Å².